The highest BCUT2D eigenvalue weighted by Crippen LogP contribution is 2.41. The number of carbonyl (C=O) groups excluding carboxylic acids is 1. The first kappa shape index (κ1) is 17.3. The van der Waals surface area contributed by atoms with Crippen LogP contribution in [0.2, 0.25) is 0 Å². The van der Waals surface area contributed by atoms with Crippen molar-refractivity contribution in [2.45, 2.75) is 57.4 Å². The second-order valence-corrected chi connectivity index (χ2v) is 8.20. The lowest BCUT2D eigenvalue weighted by atomic mass is 9.73. The molecule has 0 radical (unpaired) electrons. The molecule has 3 fully saturated rings. The number of amides is 1. The van der Waals surface area contributed by atoms with Crippen LogP contribution in [0, 0.1) is 5.41 Å². The Labute approximate surface area is 154 Å². The van der Waals surface area contributed by atoms with Crippen LogP contribution in [0.5, 0.6) is 0 Å². The lowest BCUT2D eigenvalue weighted by Gasteiger charge is -2.50. The Morgan fingerprint density at radius 2 is 1.96 bits per heavy atom. The summed E-state index contributed by atoms with van der Waals surface area (Å²) in [6.45, 7) is 2.72. The average Bonchev–Trinajstić information content (AvgIpc) is 3.19. The molecule has 0 aromatic carbocycles. The molecule has 6 nitrogen and oxygen atoms in total. The van der Waals surface area contributed by atoms with Crippen LogP contribution in [-0.2, 0) is 4.79 Å². The quantitative estimate of drug-likeness (QED) is 0.900. The van der Waals surface area contributed by atoms with E-state index in [0.29, 0.717) is 18.4 Å². The number of carboxylic acid groups (broad SMARTS) is 1. The largest absolute Gasteiger partial charge is 0.478 e. The topological polar surface area (TPSA) is 73.7 Å². The highest BCUT2D eigenvalue weighted by Gasteiger charge is 2.44. The third kappa shape index (κ3) is 3.29. The van der Waals surface area contributed by atoms with Gasteiger partial charge in [0.25, 0.3) is 0 Å². The lowest BCUT2D eigenvalue weighted by Crippen LogP contribution is -2.56. The van der Waals surface area contributed by atoms with Crippen LogP contribution >= 0.6 is 0 Å². The van der Waals surface area contributed by atoms with Gasteiger partial charge in [0.05, 0.1) is 5.56 Å². The zero-order valence-electron chi connectivity index (χ0n) is 15.2. The van der Waals surface area contributed by atoms with Crippen molar-refractivity contribution in [1.29, 1.82) is 0 Å². The predicted octanol–water partition coefficient (Wildman–Crippen LogP) is 2.93. The van der Waals surface area contributed by atoms with Gasteiger partial charge in [-0.1, -0.05) is 12.8 Å². The number of piperidine rings is 2. The second kappa shape index (κ2) is 6.89. The fourth-order valence-electron chi connectivity index (χ4n) is 5.03. The highest BCUT2D eigenvalue weighted by atomic mass is 16.4. The van der Waals surface area contributed by atoms with Gasteiger partial charge in [-0.05, 0) is 44.2 Å². The second-order valence-electron chi connectivity index (χ2n) is 8.20. The van der Waals surface area contributed by atoms with E-state index in [9.17, 15) is 9.59 Å². The van der Waals surface area contributed by atoms with E-state index < -0.39 is 5.97 Å². The van der Waals surface area contributed by atoms with Crippen molar-refractivity contribution in [2.75, 3.05) is 24.5 Å². The Hall–Kier alpha value is -2.11. The van der Waals surface area contributed by atoms with E-state index in [2.05, 4.69) is 14.8 Å². The number of carbonyl (C=O) groups is 2. The Kier molecular flexibility index (Phi) is 4.59. The third-order valence-electron chi connectivity index (χ3n) is 6.44. The molecule has 3 aliphatic rings. The van der Waals surface area contributed by atoms with Gasteiger partial charge < -0.3 is 14.9 Å². The molecule has 0 bridgehead atoms. The average molecular weight is 357 g/mol. The maximum Gasteiger partial charge on any atom is 0.337 e. The van der Waals surface area contributed by atoms with Crippen molar-refractivity contribution < 1.29 is 14.7 Å². The summed E-state index contributed by atoms with van der Waals surface area (Å²) in [6.07, 6.45) is 10.1. The smallest absolute Gasteiger partial charge is 0.337 e. The molecular weight excluding hydrogens is 330 g/mol. The summed E-state index contributed by atoms with van der Waals surface area (Å²) < 4.78 is 0. The number of rotatable bonds is 3. The van der Waals surface area contributed by atoms with E-state index in [4.69, 9.17) is 5.11 Å². The van der Waals surface area contributed by atoms with Crippen molar-refractivity contribution in [1.82, 2.24) is 9.88 Å². The summed E-state index contributed by atoms with van der Waals surface area (Å²) in [5, 5.41) is 9.05. The van der Waals surface area contributed by atoms with Gasteiger partial charge in [-0.15, -0.1) is 0 Å². The fourth-order valence-corrected chi connectivity index (χ4v) is 5.03. The molecule has 2 saturated heterocycles. The SMILES string of the molecule is O=C(O)c1ccc(N2CCC[C@@]3(CCC(=O)N(C4CCCC4)C3)C2)nc1. The van der Waals surface area contributed by atoms with Gasteiger partial charge in [0.2, 0.25) is 5.91 Å². The number of hydrogen-bond donors (Lipinski definition) is 1. The van der Waals surface area contributed by atoms with E-state index >= 15 is 0 Å². The molecule has 1 saturated carbocycles. The molecule has 1 aromatic rings. The van der Waals surface area contributed by atoms with Crippen LogP contribution in [-0.4, -0.2) is 52.5 Å². The van der Waals surface area contributed by atoms with E-state index in [-0.39, 0.29) is 11.0 Å². The fraction of sp³-hybridized carbons (Fsp3) is 0.650. The molecule has 1 aliphatic carbocycles. The van der Waals surface area contributed by atoms with Crippen LogP contribution in [0.25, 0.3) is 0 Å². The summed E-state index contributed by atoms with van der Waals surface area (Å²) in [5.41, 5.74) is 0.373. The maximum absolute atomic E-state index is 12.5. The van der Waals surface area contributed by atoms with Gasteiger partial charge in [-0.2, -0.15) is 0 Å². The highest BCUT2D eigenvalue weighted by molar-refractivity contribution is 5.87. The van der Waals surface area contributed by atoms with Crippen molar-refractivity contribution in [3.05, 3.63) is 23.9 Å². The minimum atomic E-state index is -0.947. The third-order valence-corrected chi connectivity index (χ3v) is 6.44. The standard InChI is InChI=1S/C20H27N3O3/c24-18-8-10-20(14-23(18)16-4-1-2-5-16)9-3-11-22(13-20)17-7-6-15(12-21-17)19(25)26/h6-7,12,16H,1-5,8-11,13-14H2,(H,25,26)/t20-/m1/s1. The van der Waals surface area contributed by atoms with Crippen molar-refractivity contribution in [3.8, 4) is 0 Å². The number of hydrogen-bond acceptors (Lipinski definition) is 4. The monoisotopic (exact) mass is 357 g/mol. The maximum atomic E-state index is 12.5. The Bertz CT molecular complexity index is 684. The molecule has 1 amide bonds. The molecule has 1 spiro atoms. The predicted molar refractivity (Wildman–Crippen MR) is 98.3 cm³/mol. The molecule has 2 aliphatic heterocycles. The zero-order chi connectivity index (χ0) is 18.1. The van der Waals surface area contributed by atoms with Crippen LogP contribution < -0.4 is 4.90 Å². The summed E-state index contributed by atoms with van der Waals surface area (Å²) >= 11 is 0. The molecule has 1 atom stereocenters. The molecular formula is C20H27N3O3. The number of pyridine rings is 1. The summed E-state index contributed by atoms with van der Waals surface area (Å²) in [6, 6.07) is 3.88. The number of aromatic carboxylic acids is 1. The first-order valence-electron chi connectivity index (χ1n) is 9.80. The van der Waals surface area contributed by atoms with Crippen LogP contribution in [0.15, 0.2) is 18.3 Å². The molecule has 3 heterocycles. The molecule has 1 N–H and O–H groups in total. The summed E-state index contributed by atoms with van der Waals surface area (Å²) in [7, 11) is 0. The van der Waals surface area contributed by atoms with Crippen molar-refractivity contribution in [2.24, 2.45) is 5.41 Å². The van der Waals surface area contributed by atoms with Crippen LogP contribution in [0.4, 0.5) is 5.82 Å². The molecule has 6 heteroatoms. The number of aromatic nitrogens is 1. The van der Waals surface area contributed by atoms with Crippen LogP contribution in [0.3, 0.4) is 0 Å². The van der Waals surface area contributed by atoms with Crippen molar-refractivity contribution >= 4 is 17.7 Å². The number of anilines is 1. The minimum absolute atomic E-state index is 0.155. The van der Waals surface area contributed by atoms with Gasteiger partial charge in [0.1, 0.15) is 5.82 Å². The molecule has 140 valence electrons. The number of likely N-dealkylation sites (tertiary alicyclic amines) is 1. The Balaban J connectivity index is 1.50. The van der Waals surface area contributed by atoms with Gasteiger partial charge in [-0.3, -0.25) is 4.79 Å². The van der Waals surface area contributed by atoms with Gasteiger partial charge >= 0.3 is 5.97 Å². The van der Waals surface area contributed by atoms with E-state index in [1.165, 1.54) is 19.0 Å². The summed E-state index contributed by atoms with van der Waals surface area (Å²) in [4.78, 5) is 32.4. The normalized spacial score (nSPS) is 27.3. The molecule has 26 heavy (non-hydrogen) atoms. The zero-order valence-corrected chi connectivity index (χ0v) is 15.2. The number of carboxylic acids is 1. The van der Waals surface area contributed by atoms with Crippen molar-refractivity contribution in [3.63, 3.8) is 0 Å². The van der Waals surface area contributed by atoms with Gasteiger partial charge in [0, 0.05) is 43.7 Å². The minimum Gasteiger partial charge on any atom is -0.478 e. The lowest BCUT2D eigenvalue weighted by molar-refractivity contribution is -0.140. The van der Waals surface area contributed by atoms with E-state index in [1.54, 1.807) is 6.07 Å². The van der Waals surface area contributed by atoms with Gasteiger partial charge in [-0.25, -0.2) is 9.78 Å². The Morgan fingerprint density at radius 1 is 1.15 bits per heavy atom. The Morgan fingerprint density at radius 3 is 2.65 bits per heavy atom. The number of nitrogens with zero attached hydrogens (tertiary/aromatic N) is 3. The molecule has 0 unspecified atom stereocenters. The van der Waals surface area contributed by atoms with Crippen LogP contribution in [0.1, 0.15) is 61.7 Å². The molecule has 4 rings (SSSR count). The molecule has 1 aromatic heterocycles. The summed E-state index contributed by atoms with van der Waals surface area (Å²) in [5.74, 6) is 0.235. The van der Waals surface area contributed by atoms with Gasteiger partial charge in [0.15, 0.2) is 0 Å². The van der Waals surface area contributed by atoms with E-state index in [0.717, 1.165) is 57.6 Å². The van der Waals surface area contributed by atoms with E-state index in [1.807, 2.05) is 6.07 Å². The first-order chi connectivity index (χ1) is 12.6. The first-order valence-corrected chi connectivity index (χ1v) is 9.80.